The van der Waals surface area contributed by atoms with E-state index in [1.54, 1.807) is 0 Å². The van der Waals surface area contributed by atoms with Gasteiger partial charge in [-0.1, -0.05) is 6.42 Å². The van der Waals surface area contributed by atoms with Gasteiger partial charge in [0.15, 0.2) is 18.9 Å². The monoisotopic (exact) mass is 770 g/mol. The quantitative estimate of drug-likeness (QED) is 0.0458. The minimum atomic E-state index is -1.79. The Morgan fingerprint density at radius 2 is 1.26 bits per heavy atom. The summed E-state index contributed by atoms with van der Waals surface area (Å²) in [5, 5.41) is 94.4. The topological polar surface area (TPSA) is 330 Å². The second-order valence-electron chi connectivity index (χ2n) is 13.1. The molecule has 4 fully saturated rings. The smallest absolute Gasteiger partial charge is 0.333 e. The molecule has 0 aromatic heterocycles. The number of amides is 3. The third-order valence-electron chi connectivity index (χ3n) is 9.12. The first-order valence-electron chi connectivity index (χ1n) is 17.4. The van der Waals surface area contributed by atoms with E-state index in [4.69, 9.17) is 33.3 Å². The molecule has 53 heavy (non-hydrogen) atoms. The summed E-state index contributed by atoms with van der Waals surface area (Å²) in [5.41, 5.74) is 0. The first kappa shape index (κ1) is 43.2. The molecule has 4 saturated heterocycles. The maximum Gasteiger partial charge on any atom is 0.333 e. The van der Waals surface area contributed by atoms with Crippen molar-refractivity contribution >= 4 is 23.7 Å². The van der Waals surface area contributed by atoms with Crippen molar-refractivity contribution < 1.29 is 98.4 Å². The average molecular weight is 771 g/mol. The molecule has 0 spiro atoms. The number of carbonyl (C=O) groups is 4. The van der Waals surface area contributed by atoms with Crippen molar-refractivity contribution in [2.75, 3.05) is 33.0 Å². The number of hydroxylamine groups is 2. The SMILES string of the molecule is O=C(CCCCCC(=O)ON1C(=O)CCC1=O)NCCOC1OC(CO[C@H]2OC(CO)[C@@H](O)C(O)C2O)CC(O[C@H]2OC(CO)[C@@H](O)C(O)C2O)C1O. The van der Waals surface area contributed by atoms with Gasteiger partial charge in [-0.05, 0) is 12.8 Å². The molecule has 10 N–H and O–H groups in total. The van der Waals surface area contributed by atoms with Crippen molar-refractivity contribution in [3.8, 4) is 0 Å². The zero-order chi connectivity index (χ0) is 38.8. The molecule has 10 unspecified atom stereocenters. The van der Waals surface area contributed by atoms with Crippen LogP contribution in [0.3, 0.4) is 0 Å². The van der Waals surface area contributed by atoms with Crippen molar-refractivity contribution in [2.45, 2.75) is 137 Å². The summed E-state index contributed by atoms with van der Waals surface area (Å²) >= 11 is 0. The van der Waals surface area contributed by atoms with Crippen LogP contribution in [0.5, 0.6) is 0 Å². The van der Waals surface area contributed by atoms with Gasteiger partial charge in [-0.15, -0.1) is 5.06 Å². The number of nitrogens with one attached hydrogen (secondary N) is 1. The molecule has 0 aliphatic carbocycles. The normalized spacial score (nSPS) is 37.9. The molecule has 0 bridgehead atoms. The van der Waals surface area contributed by atoms with E-state index in [9.17, 15) is 65.1 Å². The van der Waals surface area contributed by atoms with Crippen molar-refractivity contribution in [3.05, 3.63) is 0 Å². The fourth-order valence-corrected chi connectivity index (χ4v) is 6.03. The molecule has 4 rings (SSSR count). The summed E-state index contributed by atoms with van der Waals surface area (Å²) in [7, 11) is 0. The van der Waals surface area contributed by atoms with Crippen LogP contribution < -0.4 is 5.32 Å². The van der Waals surface area contributed by atoms with Gasteiger partial charge in [0.25, 0.3) is 11.8 Å². The average Bonchev–Trinajstić information content (AvgIpc) is 3.45. The molecule has 22 nitrogen and oxygen atoms in total. The van der Waals surface area contributed by atoms with Crippen LogP contribution in [0.2, 0.25) is 0 Å². The third-order valence-corrected chi connectivity index (χ3v) is 9.12. The summed E-state index contributed by atoms with van der Waals surface area (Å²) in [5.74, 6) is -2.22. The highest BCUT2D eigenvalue weighted by Crippen LogP contribution is 2.30. The highest BCUT2D eigenvalue weighted by atomic mass is 16.7. The zero-order valence-corrected chi connectivity index (χ0v) is 28.7. The minimum absolute atomic E-state index is 0.00892. The molecule has 3 amide bonds. The molecule has 4 heterocycles. The highest BCUT2D eigenvalue weighted by Gasteiger charge is 2.49. The molecule has 304 valence electrons. The van der Waals surface area contributed by atoms with E-state index in [0.717, 1.165) is 0 Å². The molecule has 14 atom stereocenters. The predicted octanol–water partition coefficient (Wildman–Crippen LogP) is -5.85. The van der Waals surface area contributed by atoms with Gasteiger partial charge in [-0.2, -0.15) is 0 Å². The van der Waals surface area contributed by atoms with E-state index in [1.807, 2.05) is 0 Å². The lowest BCUT2D eigenvalue weighted by atomic mass is 9.98. The molecular weight excluding hydrogens is 720 g/mol. The number of unbranched alkanes of at least 4 members (excludes halogenated alkanes) is 2. The number of imide groups is 1. The van der Waals surface area contributed by atoms with Gasteiger partial charge in [0.1, 0.15) is 54.9 Å². The van der Waals surface area contributed by atoms with E-state index in [0.29, 0.717) is 24.3 Å². The van der Waals surface area contributed by atoms with Crippen LogP contribution in [0, 0.1) is 0 Å². The number of ether oxygens (including phenoxy) is 6. The second-order valence-corrected chi connectivity index (χ2v) is 13.1. The van der Waals surface area contributed by atoms with Crippen LogP contribution in [-0.4, -0.2) is 194 Å². The van der Waals surface area contributed by atoms with E-state index in [-0.39, 0.29) is 57.8 Å². The Labute approximate surface area is 303 Å². The molecule has 4 aliphatic heterocycles. The fourth-order valence-electron chi connectivity index (χ4n) is 6.03. The van der Waals surface area contributed by atoms with Crippen molar-refractivity contribution in [3.63, 3.8) is 0 Å². The molecule has 0 aromatic carbocycles. The van der Waals surface area contributed by atoms with Gasteiger partial charge >= 0.3 is 5.97 Å². The van der Waals surface area contributed by atoms with Crippen LogP contribution in [0.1, 0.15) is 51.4 Å². The first-order valence-corrected chi connectivity index (χ1v) is 17.4. The van der Waals surface area contributed by atoms with Crippen LogP contribution in [0.15, 0.2) is 0 Å². The fraction of sp³-hybridized carbons (Fsp3) is 0.871. The van der Waals surface area contributed by atoms with Crippen LogP contribution >= 0.6 is 0 Å². The Bertz CT molecular complexity index is 1190. The number of hydrogen-bond acceptors (Lipinski definition) is 20. The van der Waals surface area contributed by atoms with Gasteiger partial charge in [0.05, 0.1) is 38.6 Å². The first-order chi connectivity index (χ1) is 25.2. The molecule has 0 aromatic rings. The van der Waals surface area contributed by atoms with E-state index >= 15 is 0 Å². The zero-order valence-electron chi connectivity index (χ0n) is 28.7. The number of nitrogens with zero attached hydrogens (tertiary/aromatic N) is 1. The highest BCUT2D eigenvalue weighted by molar-refractivity contribution is 6.01. The van der Waals surface area contributed by atoms with E-state index in [2.05, 4.69) is 5.32 Å². The van der Waals surface area contributed by atoms with Gasteiger partial charge in [0, 0.05) is 38.6 Å². The summed E-state index contributed by atoms with van der Waals surface area (Å²) < 4.78 is 33.6. The summed E-state index contributed by atoms with van der Waals surface area (Å²) in [6.07, 6.45) is -20.1. The van der Waals surface area contributed by atoms with Crippen LogP contribution in [-0.2, 0) is 52.4 Å². The van der Waals surface area contributed by atoms with Gasteiger partial charge in [0.2, 0.25) is 5.91 Å². The van der Waals surface area contributed by atoms with Crippen molar-refractivity contribution in [2.24, 2.45) is 0 Å². The summed E-state index contributed by atoms with van der Waals surface area (Å²) in [6, 6.07) is 0. The Morgan fingerprint density at radius 3 is 1.89 bits per heavy atom. The van der Waals surface area contributed by atoms with Gasteiger partial charge < -0.3 is 84.5 Å². The minimum Gasteiger partial charge on any atom is -0.394 e. The standard InChI is InChI=1S/C31H50N2O20/c34-11-16-22(40)25(43)27(45)30(51-16)48-13-14-10-15(50-31-28(46)26(44)23(41)17(12-35)52-31)24(42)29(49-14)47-9-8-32-18(36)4-2-1-3-5-21(39)53-33-19(37)6-7-20(33)38/h14-17,22-31,34-35,40-46H,1-13H2,(H,32,36)/t14?,15?,16?,17?,22-,23-,24?,25?,26?,27?,28?,29?,30+,31+/m1/s1. The molecule has 22 heteroatoms. The number of hydrogen-bond donors (Lipinski definition) is 10. The van der Waals surface area contributed by atoms with Crippen molar-refractivity contribution in [1.29, 1.82) is 0 Å². The Hall–Kier alpha value is -2.52. The number of aliphatic hydroxyl groups is 9. The lowest BCUT2D eigenvalue weighted by Crippen LogP contribution is -2.62. The van der Waals surface area contributed by atoms with Crippen molar-refractivity contribution in [1.82, 2.24) is 10.4 Å². The van der Waals surface area contributed by atoms with Gasteiger partial charge in [-0.3, -0.25) is 14.4 Å². The third kappa shape index (κ3) is 11.5. The van der Waals surface area contributed by atoms with E-state index in [1.165, 1.54) is 0 Å². The largest absolute Gasteiger partial charge is 0.394 e. The van der Waals surface area contributed by atoms with Gasteiger partial charge in [-0.25, -0.2) is 4.79 Å². The second kappa shape index (κ2) is 20.4. The Kier molecular flexibility index (Phi) is 16.6. The Balaban J connectivity index is 1.25. The lowest BCUT2D eigenvalue weighted by Gasteiger charge is -2.44. The molecule has 0 radical (unpaired) electrons. The lowest BCUT2D eigenvalue weighted by molar-refractivity contribution is -0.348. The Morgan fingerprint density at radius 1 is 0.698 bits per heavy atom. The van der Waals surface area contributed by atoms with Crippen LogP contribution in [0.4, 0.5) is 0 Å². The molecule has 0 saturated carbocycles. The summed E-state index contributed by atoms with van der Waals surface area (Å²) in [6.45, 7) is -2.01. The number of carbonyl (C=O) groups excluding carboxylic acids is 4. The molecule has 4 aliphatic rings. The number of rotatable bonds is 18. The maximum atomic E-state index is 12.3. The maximum absolute atomic E-state index is 12.3. The predicted molar refractivity (Wildman–Crippen MR) is 167 cm³/mol. The summed E-state index contributed by atoms with van der Waals surface area (Å²) in [4.78, 5) is 52.1. The molecular formula is C31H50N2O20. The number of aliphatic hydroxyl groups excluding tert-OH is 9. The van der Waals surface area contributed by atoms with E-state index < -0.39 is 117 Å². The van der Waals surface area contributed by atoms with Crippen LogP contribution in [0.25, 0.3) is 0 Å².